The Morgan fingerprint density at radius 3 is 2.32 bits per heavy atom. The predicted octanol–water partition coefficient (Wildman–Crippen LogP) is 3.29. The van der Waals surface area contributed by atoms with Crippen LogP contribution in [-0.4, -0.2) is 22.5 Å². The van der Waals surface area contributed by atoms with Crippen LogP contribution in [0.2, 0.25) is 0 Å². The molecule has 1 amide bonds. The Bertz CT molecular complexity index is 1390. The number of hydrogen-bond acceptors (Lipinski definition) is 3. The summed E-state index contributed by atoms with van der Waals surface area (Å²) in [7, 11) is 1.51. The van der Waals surface area contributed by atoms with Gasteiger partial charge in [0.1, 0.15) is 22.7 Å². The molecule has 156 valence electrons. The number of carbonyl (C=O) groups is 1. The minimum Gasteiger partial charge on any atom is -0.341 e. The van der Waals surface area contributed by atoms with E-state index in [1.165, 1.54) is 40.9 Å². The van der Waals surface area contributed by atoms with Crippen molar-refractivity contribution in [3.63, 3.8) is 0 Å². The van der Waals surface area contributed by atoms with Crippen LogP contribution in [0.25, 0.3) is 11.0 Å². The minimum atomic E-state index is -0.759. The molecule has 0 spiro atoms. The predicted molar refractivity (Wildman–Crippen MR) is 113 cm³/mol. The van der Waals surface area contributed by atoms with E-state index in [1.807, 2.05) is 0 Å². The first-order valence-corrected chi connectivity index (χ1v) is 9.39. The van der Waals surface area contributed by atoms with Crippen molar-refractivity contribution in [1.82, 2.24) is 9.55 Å². The van der Waals surface area contributed by atoms with Gasteiger partial charge in [-0.25, -0.2) is 8.78 Å². The number of para-hydroxylation sites is 1. The second kappa shape index (κ2) is 7.98. The summed E-state index contributed by atoms with van der Waals surface area (Å²) in [6.45, 7) is -0.281. The lowest BCUT2D eigenvalue weighted by Crippen LogP contribution is -2.32. The quantitative estimate of drug-likeness (QED) is 0.550. The first kappa shape index (κ1) is 20.2. The maximum Gasteiger partial charge on any atom is 0.263 e. The third kappa shape index (κ3) is 3.75. The summed E-state index contributed by atoms with van der Waals surface area (Å²) >= 11 is 0. The number of halogens is 2. The molecule has 8 heteroatoms. The number of aromatic nitrogens is 2. The number of carbonyl (C=O) groups excluding carboxylic acids is 1. The highest BCUT2D eigenvalue weighted by Crippen LogP contribution is 2.19. The van der Waals surface area contributed by atoms with E-state index in [2.05, 4.69) is 4.98 Å². The Morgan fingerprint density at radius 1 is 0.968 bits per heavy atom. The van der Waals surface area contributed by atoms with E-state index in [-0.39, 0.29) is 28.7 Å². The van der Waals surface area contributed by atoms with Crippen molar-refractivity contribution in [1.29, 1.82) is 0 Å². The molecule has 0 radical (unpaired) electrons. The summed E-state index contributed by atoms with van der Waals surface area (Å²) in [6, 6.07) is 14.8. The van der Waals surface area contributed by atoms with Crippen LogP contribution >= 0.6 is 0 Å². The zero-order valence-corrected chi connectivity index (χ0v) is 16.4. The maximum atomic E-state index is 14.2. The highest BCUT2D eigenvalue weighted by atomic mass is 19.1. The van der Waals surface area contributed by atoms with Crippen LogP contribution in [0.3, 0.4) is 0 Å². The van der Waals surface area contributed by atoms with E-state index in [4.69, 9.17) is 0 Å². The number of fused-ring (bicyclic) bond motifs is 1. The molecule has 0 saturated heterocycles. The first-order chi connectivity index (χ1) is 14.9. The van der Waals surface area contributed by atoms with Crippen molar-refractivity contribution in [2.24, 2.45) is 0 Å². The van der Waals surface area contributed by atoms with Crippen LogP contribution < -0.4 is 15.9 Å². The smallest absolute Gasteiger partial charge is 0.263 e. The third-order valence-corrected chi connectivity index (χ3v) is 5.03. The van der Waals surface area contributed by atoms with Crippen LogP contribution in [0.5, 0.6) is 0 Å². The van der Waals surface area contributed by atoms with Crippen molar-refractivity contribution in [3.05, 3.63) is 110 Å². The van der Waals surface area contributed by atoms with Gasteiger partial charge in [-0.2, -0.15) is 0 Å². The monoisotopic (exact) mass is 421 g/mol. The largest absolute Gasteiger partial charge is 0.341 e. The third-order valence-electron chi connectivity index (χ3n) is 5.03. The normalized spacial score (nSPS) is 10.9. The lowest BCUT2D eigenvalue weighted by Gasteiger charge is -2.19. The zero-order valence-electron chi connectivity index (χ0n) is 16.4. The topological polar surface area (TPSA) is 75.2 Å². The van der Waals surface area contributed by atoms with Crippen LogP contribution in [0.1, 0.15) is 15.9 Å². The molecule has 31 heavy (non-hydrogen) atoms. The molecule has 0 aliphatic rings. The second-order valence-corrected chi connectivity index (χ2v) is 6.98. The number of pyridine rings is 2. The molecule has 6 nitrogen and oxygen atoms in total. The fourth-order valence-electron chi connectivity index (χ4n) is 3.38. The summed E-state index contributed by atoms with van der Waals surface area (Å²) in [5, 5.41) is 0. The number of hydrogen-bond donors (Lipinski definition) is 1. The van der Waals surface area contributed by atoms with Gasteiger partial charge in [0.25, 0.3) is 5.91 Å². The van der Waals surface area contributed by atoms with Crippen molar-refractivity contribution >= 4 is 22.6 Å². The van der Waals surface area contributed by atoms with Crippen LogP contribution in [0.15, 0.2) is 76.4 Å². The lowest BCUT2D eigenvalue weighted by atomic mass is 10.1. The number of amides is 1. The van der Waals surface area contributed by atoms with Crippen molar-refractivity contribution in [2.75, 3.05) is 11.9 Å². The molecule has 0 aliphatic heterocycles. The Hall–Kier alpha value is -4.07. The number of benzene rings is 2. The Labute approximate surface area is 175 Å². The molecular weight excluding hydrogens is 404 g/mol. The summed E-state index contributed by atoms with van der Waals surface area (Å²) in [5.41, 5.74) is -0.992. The number of anilines is 1. The summed E-state index contributed by atoms with van der Waals surface area (Å²) in [4.78, 5) is 41.7. The number of nitrogens with zero attached hydrogens (tertiary/aromatic N) is 2. The molecule has 0 fully saturated rings. The molecule has 4 rings (SSSR count). The number of H-pyrrole nitrogens is 1. The van der Waals surface area contributed by atoms with Gasteiger partial charge in [0.05, 0.1) is 12.1 Å². The summed E-state index contributed by atoms with van der Waals surface area (Å²) in [6.07, 6.45) is 1.26. The van der Waals surface area contributed by atoms with Gasteiger partial charge in [0, 0.05) is 30.6 Å². The van der Waals surface area contributed by atoms with E-state index in [0.717, 1.165) is 12.1 Å². The van der Waals surface area contributed by atoms with E-state index in [9.17, 15) is 23.2 Å². The van der Waals surface area contributed by atoms with E-state index in [1.54, 1.807) is 30.3 Å². The van der Waals surface area contributed by atoms with Gasteiger partial charge < -0.3 is 14.5 Å². The molecule has 0 saturated carbocycles. The van der Waals surface area contributed by atoms with Gasteiger partial charge in [-0.3, -0.25) is 14.4 Å². The SMILES string of the molecule is CN(C(=O)c1cn(Cc2c(F)cccc2F)c2ccc(=O)[nH]c2c1=O)c1ccccc1. The summed E-state index contributed by atoms with van der Waals surface area (Å²) < 4.78 is 29.9. The zero-order chi connectivity index (χ0) is 22.1. The molecule has 2 aromatic carbocycles. The average Bonchev–Trinajstić information content (AvgIpc) is 2.77. The van der Waals surface area contributed by atoms with Gasteiger partial charge in [0.2, 0.25) is 11.0 Å². The average molecular weight is 421 g/mol. The first-order valence-electron chi connectivity index (χ1n) is 9.39. The molecule has 0 unspecified atom stereocenters. The molecule has 0 bridgehead atoms. The van der Waals surface area contributed by atoms with Gasteiger partial charge in [-0.15, -0.1) is 0 Å². The van der Waals surface area contributed by atoms with Crippen molar-refractivity contribution in [2.45, 2.75) is 6.54 Å². The minimum absolute atomic E-state index is 0.114. The molecular formula is C23H17F2N3O3. The van der Waals surface area contributed by atoms with Crippen LogP contribution in [-0.2, 0) is 6.54 Å². The molecule has 0 aliphatic carbocycles. The Kier molecular flexibility index (Phi) is 5.21. The van der Waals surface area contributed by atoms with Gasteiger partial charge in [-0.05, 0) is 30.3 Å². The Balaban J connectivity index is 1.91. The molecule has 2 heterocycles. The second-order valence-electron chi connectivity index (χ2n) is 6.98. The summed E-state index contributed by atoms with van der Waals surface area (Å²) in [5.74, 6) is -2.14. The number of nitrogens with one attached hydrogen (secondary N) is 1. The molecule has 0 atom stereocenters. The maximum absolute atomic E-state index is 14.2. The molecule has 2 aromatic heterocycles. The van der Waals surface area contributed by atoms with Crippen molar-refractivity contribution in [3.8, 4) is 0 Å². The van der Waals surface area contributed by atoms with E-state index < -0.39 is 28.5 Å². The molecule has 1 N–H and O–H groups in total. The standard InChI is InChI=1S/C23H17F2N3O3/c1-27(14-6-3-2-4-7-14)23(31)16-13-28(12-15-17(24)8-5-9-18(15)25)19-10-11-20(29)26-21(19)22(16)30/h2-11,13H,12H2,1H3,(H,26,29). The lowest BCUT2D eigenvalue weighted by molar-refractivity contribution is 0.0991. The van der Waals surface area contributed by atoms with E-state index in [0.29, 0.717) is 5.69 Å². The van der Waals surface area contributed by atoms with Gasteiger partial charge >= 0.3 is 0 Å². The van der Waals surface area contributed by atoms with Gasteiger partial charge in [-0.1, -0.05) is 24.3 Å². The fraction of sp³-hybridized carbons (Fsp3) is 0.0870. The fourth-order valence-corrected chi connectivity index (χ4v) is 3.38. The highest BCUT2D eigenvalue weighted by molar-refractivity contribution is 6.06. The van der Waals surface area contributed by atoms with Gasteiger partial charge in [0.15, 0.2) is 0 Å². The van der Waals surface area contributed by atoms with E-state index >= 15 is 0 Å². The number of aromatic amines is 1. The highest BCUT2D eigenvalue weighted by Gasteiger charge is 2.21. The Morgan fingerprint density at radius 2 is 1.65 bits per heavy atom. The van der Waals surface area contributed by atoms with Crippen LogP contribution in [0.4, 0.5) is 14.5 Å². The van der Waals surface area contributed by atoms with Crippen molar-refractivity contribution < 1.29 is 13.6 Å². The number of rotatable bonds is 4. The van der Waals surface area contributed by atoms with Crippen LogP contribution in [0, 0.1) is 11.6 Å². The molecule has 4 aromatic rings.